The third kappa shape index (κ3) is 2.11. The molecule has 0 aromatic rings. The zero-order valence-corrected chi connectivity index (χ0v) is 10.5. The predicted molar refractivity (Wildman–Crippen MR) is 64.1 cm³/mol. The minimum atomic E-state index is -0.0869. The van der Waals surface area contributed by atoms with E-state index >= 15 is 0 Å². The van der Waals surface area contributed by atoms with Crippen molar-refractivity contribution in [1.29, 1.82) is 0 Å². The van der Waals surface area contributed by atoms with Gasteiger partial charge < -0.3 is 4.74 Å². The molecule has 0 saturated heterocycles. The van der Waals surface area contributed by atoms with Gasteiger partial charge in [0.2, 0.25) is 0 Å². The van der Waals surface area contributed by atoms with Crippen LogP contribution in [0.15, 0.2) is 0 Å². The van der Waals surface area contributed by atoms with Crippen molar-refractivity contribution < 1.29 is 9.53 Å². The highest BCUT2D eigenvalue weighted by Gasteiger charge is 2.48. The first-order valence-electron chi connectivity index (χ1n) is 6.97. The average Bonchev–Trinajstić information content (AvgIpc) is 2.81. The summed E-state index contributed by atoms with van der Waals surface area (Å²) in [5.41, 5.74) is -0.0869. The Hall–Kier alpha value is -0.530. The van der Waals surface area contributed by atoms with Gasteiger partial charge in [0.1, 0.15) is 0 Å². The van der Waals surface area contributed by atoms with Crippen LogP contribution in [-0.4, -0.2) is 12.6 Å². The van der Waals surface area contributed by atoms with Crippen molar-refractivity contribution in [3.05, 3.63) is 0 Å². The molecule has 0 radical (unpaired) electrons. The van der Waals surface area contributed by atoms with E-state index in [4.69, 9.17) is 4.74 Å². The Balaban J connectivity index is 2.10. The molecule has 0 aromatic carbocycles. The standard InChI is InChI=1S/C14H24O2/c1-2-16-13(15)14(10-6-7-11-14)12-8-4-3-5-9-12/h12H,2-11H2,1H3. The quantitative estimate of drug-likeness (QED) is 0.683. The summed E-state index contributed by atoms with van der Waals surface area (Å²) in [5, 5.41) is 0. The topological polar surface area (TPSA) is 26.3 Å². The molecule has 0 heterocycles. The second kappa shape index (κ2) is 5.20. The number of carbonyl (C=O) groups is 1. The molecular weight excluding hydrogens is 200 g/mol. The fraction of sp³-hybridized carbons (Fsp3) is 0.929. The van der Waals surface area contributed by atoms with Crippen LogP contribution in [0.25, 0.3) is 0 Å². The maximum atomic E-state index is 12.2. The molecule has 0 atom stereocenters. The summed E-state index contributed by atoms with van der Waals surface area (Å²) in [6.45, 7) is 2.45. The van der Waals surface area contributed by atoms with E-state index in [1.807, 2.05) is 6.92 Å². The highest BCUT2D eigenvalue weighted by molar-refractivity contribution is 5.77. The van der Waals surface area contributed by atoms with Gasteiger partial charge in [0.05, 0.1) is 12.0 Å². The molecule has 2 aliphatic rings. The maximum Gasteiger partial charge on any atom is 0.312 e. The van der Waals surface area contributed by atoms with Gasteiger partial charge >= 0.3 is 5.97 Å². The Morgan fingerprint density at radius 3 is 2.31 bits per heavy atom. The summed E-state index contributed by atoms with van der Waals surface area (Å²) in [5.74, 6) is 0.724. The van der Waals surface area contributed by atoms with Crippen molar-refractivity contribution >= 4 is 5.97 Å². The van der Waals surface area contributed by atoms with Crippen LogP contribution >= 0.6 is 0 Å². The molecule has 0 aliphatic heterocycles. The summed E-state index contributed by atoms with van der Waals surface area (Å²) in [7, 11) is 0. The Morgan fingerprint density at radius 1 is 1.12 bits per heavy atom. The number of hydrogen-bond donors (Lipinski definition) is 0. The Bertz CT molecular complexity index is 235. The number of carbonyl (C=O) groups excluding carboxylic acids is 1. The molecule has 0 spiro atoms. The van der Waals surface area contributed by atoms with E-state index in [0.717, 1.165) is 12.8 Å². The second-order valence-corrected chi connectivity index (χ2v) is 5.42. The van der Waals surface area contributed by atoms with Crippen LogP contribution in [0.3, 0.4) is 0 Å². The number of rotatable bonds is 3. The lowest BCUT2D eigenvalue weighted by molar-refractivity contribution is -0.159. The normalized spacial score (nSPS) is 25.6. The van der Waals surface area contributed by atoms with E-state index in [9.17, 15) is 4.79 Å². The first-order valence-corrected chi connectivity index (χ1v) is 6.97. The van der Waals surface area contributed by atoms with E-state index in [0.29, 0.717) is 12.5 Å². The minimum Gasteiger partial charge on any atom is -0.466 e. The van der Waals surface area contributed by atoms with Crippen molar-refractivity contribution in [3.63, 3.8) is 0 Å². The first kappa shape index (κ1) is 11.9. The lowest BCUT2D eigenvalue weighted by atomic mass is 9.67. The van der Waals surface area contributed by atoms with Crippen LogP contribution in [0.5, 0.6) is 0 Å². The molecule has 0 N–H and O–H groups in total. The summed E-state index contributed by atoms with van der Waals surface area (Å²) >= 11 is 0. The third-order valence-corrected chi connectivity index (χ3v) is 4.56. The van der Waals surface area contributed by atoms with E-state index in [-0.39, 0.29) is 11.4 Å². The van der Waals surface area contributed by atoms with Crippen molar-refractivity contribution in [3.8, 4) is 0 Å². The zero-order chi connectivity index (χ0) is 11.4. The monoisotopic (exact) mass is 224 g/mol. The average molecular weight is 224 g/mol. The molecule has 0 aromatic heterocycles. The first-order chi connectivity index (χ1) is 7.79. The third-order valence-electron chi connectivity index (χ3n) is 4.56. The maximum absolute atomic E-state index is 12.2. The van der Waals surface area contributed by atoms with Gasteiger partial charge in [-0.05, 0) is 38.5 Å². The van der Waals surface area contributed by atoms with Crippen LogP contribution in [0.4, 0.5) is 0 Å². The van der Waals surface area contributed by atoms with E-state index in [1.165, 1.54) is 44.9 Å². The summed E-state index contributed by atoms with van der Waals surface area (Å²) < 4.78 is 5.34. The lowest BCUT2D eigenvalue weighted by Gasteiger charge is -2.37. The van der Waals surface area contributed by atoms with E-state index < -0.39 is 0 Å². The van der Waals surface area contributed by atoms with Gasteiger partial charge in [0, 0.05) is 0 Å². The second-order valence-electron chi connectivity index (χ2n) is 5.42. The summed E-state index contributed by atoms with van der Waals surface area (Å²) in [4.78, 5) is 12.2. The van der Waals surface area contributed by atoms with Gasteiger partial charge in [-0.3, -0.25) is 4.79 Å². The molecule has 2 saturated carbocycles. The van der Waals surface area contributed by atoms with Gasteiger partial charge in [0.15, 0.2) is 0 Å². The van der Waals surface area contributed by atoms with Crippen molar-refractivity contribution in [2.45, 2.75) is 64.7 Å². The van der Waals surface area contributed by atoms with E-state index in [1.54, 1.807) is 0 Å². The van der Waals surface area contributed by atoms with Gasteiger partial charge in [-0.15, -0.1) is 0 Å². The molecule has 2 nitrogen and oxygen atoms in total. The Morgan fingerprint density at radius 2 is 1.75 bits per heavy atom. The van der Waals surface area contributed by atoms with Gasteiger partial charge in [-0.25, -0.2) is 0 Å². The number of esters is 1. The van der Waals surface area contributed by atoms with Crippen molar-refractivity contribution in [1.82, 2.24) is 0 Å². The van der Waals surface area contributed by atoms with Crippen LogP contribution < -0.4 is 0 Å². The highest BCUT2D eigenvalue weighted by Crippen LogP contribution is 2.50. The predicted octanol–water partition coefficient (Wildman–Crippen LogP) is 3.69. The van der Waals surface area contributed by atoms with E-state index in [2.05, 4.69) is 0 Å². The van der Waals surface area contributed by atoms with Gasteiger partial charge in [0.25, 0.3) is 0 Å². The molecule has 2 fully saturated rings. The fourth-order valence-corrected chi connectivity index (χ4v) is 3.71. The minimum absolute atomic E-state index is 0.0869. The Labute approximate surface area is 98.7 Å². The van der Waals surface area contributed by atoms with Gasteiger partial charge in [-0.1, -0.05) is 32.1 Å². The van der Waals surface area contributed by atoms with Crippen LogP contribution in [0.2, 0.25) is 0 Å². The largest absolute Gasteiger partial charge is 0.466 e. The fourth-order valence-electron chi connectivity index (χ4n) is 3.71. The Kier molecular flexibility index (Phi) is 3.88. The lowest BCUT2D eigenvalue weighted by Crippen LogP contribution is -2.38. The number of ether oxygens (including phenoxy) is 1. The molecule has 2 aliphatic carbocycles. The van der Waals surface area contributed by atoms with Crippen LogP contribution in [-0.2, 0) is 9.53 Å². The summed E-state index contributed by atoms with van der Waals surface area (Å²) in [6, 6.07) is 0. The van der Waals surface area contributed by atoms with Crippen LogP contribution in [0.1, 0.15) is 64.7 Å². The smallest absolute Gasteiger partial charge is 0.312 e. The molecule has 2 heteroatoms. The molecule has 92 valence electrons. The van der Waals surface area contributed by atoms with Crippen molar-refractivity contribution in [2.75, 3.05) is 6.61 Å². The number of hydrogen-bond acceptors (Lipinski definition) is 2. The van der Waals surface area contributed by atoms with Crippen LogP contribution in [0, 0.1) is 11.3 Å². The zero-order valence-electron chi connectivity index (χ0n) is 10.5. The summed E-state index contributed by atoms with van der Waals surface area (Å²) in [6.07, 6.45) is 11.1. The highest BCUT2D eigenvalue weighted by atomic mass is 16.5. The molecule has 0 unspecified atom stereocenters. The van der Waals surface area contributed by atoms with Crippen molar-refractivity contribution in [2.24, 2.45) is 11.3 Å². The molecule has 16 heavy (non-hydrogen) atoms. The molecule has 0 bridgehead atoms. The SMILES string of the molecule is CCOC(=O)C1(C2CCCCC2)CCCC1. The molecule has 0 amide bonds. The molecular formula is C14H24O2. The molecule has 2 rings (SSSR count). The van der Waals surface area contributed by atoms with Gasteiger partial charge in [-0.2, -0.15) is 0 Å².